The second kappa shape index (κ2) is 9.02. The lowest BCUT2D eigenvalue weighted by atomic mass is 10.1. The number of hydrogen-bond donors (Lipinski definition) is 1. The first-order valence-electron chi connectivity index (χ1n) is 11.7. The number of aromatic nitrogens is 4. The number of halogens is 1. The molecule has 8 heteroatoms. The van der Waals surface area contributed by atoms with E-state index in [1.54, 1.807) is 12.1 Å². The molecular formula is C26H29FN6O. The van der Waals surface area contributed by atoms with E-state index in [1.165, 1.54) is 22.3 Å². The highest BCUT2D eigenvalue weighted by atomic mass is 19.1. The fraction of sp³-hybridized carbons (Fsp3) is 0.346. The van der Waals surface area contributed by atoms with Crippen LogP contribution in [0, 0.1) is 12.7 Å². The minimum atomic E-state index is -0.293. The number of aromatic amines is 1. The van der Waals surface area contributed by atoms with Crippen molar-refractivity contribution in [1.82, 2.24) is 24.5 Å². The van der Waals surface area contributed by atoms with Crippen molar-refractivity contribution >= 4 is 11.5 Å². The molecule has 34 heavy (non-hydrogen) atoms. The van der Waals surface area contributed by atoms with Gasteiger partial charge in [0.05, 0.1) is 6.04 Å². The van der Waals surface area contributed by atoms with Crippen molar-refractivity contribution < 1.29 is 4.39 Å². The summed E-state index contributed by atoms with van der Waals surface area (Å²) in [6, 6.07) is 17.0. The van der Waals surface area contributed by atoms with Crippen LogP contribution in [-0.2, 0) is 6.42 Å². The van der Waals surface area contributed by atoms with E-state index >= 15 is 0 Å². The van der Waals surface area contributed by atoms with Crippen LogP contribution < -0.4 is 10.5 Å². The van der Waals surface area contributed by atoms with Gasteiger partial charge in [0.1, 0.15) is 5.82 Å². The molecule has 0 aliphatic carbocycles. The van der Waals surface area contributed by atoms with Crippen LogP contribution >= 0.6 is 0 Å². The van der Waals surface area contributed by atoms with E-state index in [0.717, 1.165) is 30.9 Å². The van der Waals surface area contributed by atoms with Gasteiger partial charge in [0.2, 0.25) is 5.78 Å². The van der Waals surface area contributed by atoms with Crippen LogP contribution in [-0.4, -0.2) is 50.2 Å². The topological polar surface area (TPSA) is 69.5 Å². The third-order valence-electron chi connectivity index (χ3n) is 6.79. The molecular weight excluding hydrogens is 431 g/mol. The highest BCUT2D eigenvalue weighted by Gasteiger charge is 2.29. The Balaban J connectivity index is 1.37. The number of fused-ring (bicyclic) bond motifs is 1. The summed E-state index contributed by atoms with van der Waals surface area (Å²) in [5.41, 5.74) is 3.27. The number of nitrogens with zero attached hydrogens (tertiary/aromatic N) is 5. The van der Waals surface area contributed by atoms with E-state index in [1.807, 2.05) is 13.0 Å². The summed E-state index contributed by atoms with van der Waals surface area (Å²) in [4.78, 5) is 25.9. The van der Waals surface area contributed by atoms with Crippen LogP contribution in [0.2, 0.25) is 0 Å². The Kier molecular flexibility index (Phi) is 5.91. The van der Waals surface area contributed by atoms with Gasteiger partial charge < -0.3 is 9.88 Å². The van der Waals surface area contributed by atoms with E-state index in [-0.39, 0.29) is 17.4 Å². The third kappa shape index (κ3) is 4.21. The maximum absolute atomic E-state index is 13.3. The monoisotopic (exact) mass is 460 g/mol. The Bertz CT molecular complexity index is 1350. The molecule has 0 amide bonds. The van der Waals surface area contributed by atoms with E-state index < -0.39 is 0 Å². The zero-order valence-electron chi connectivity index (χ0n) is 19.7. The average molecular weight is 461 g/mol. The van der Waals surface area contributed by atoms with Crippen molar-refractivity contribution in [3.05, 3.63) is 93.4 Å². The van der Waals surface area contributed by atoms with E-state index in [4.69, 9.17) is 0 Å². The lowest BCUT2D eigenvalue weighted by Crippen LogP contribution is -2.52. The quantitative estimate of drug-likeness (QED) is 0.492. The molecule has 5 rings (SSSR count). The van der Waals surface area contributed by atoms with Gasteiger partial charge in [0.25, 0.3) is 5.56 Å². The van der Waals surface area contributed by atoms with Crippen molar-refractivity contribution in [2.45, 2.75) is 39.3 Å². The molecule has 4 aromatic rings. The van der Waals surface area contributed by atoms with Gasteiger partial charge in [-0.05, 0) is 50.6 Å². The number of anilines is 1. The fourth-order valence-corrected chi connectivity index (χ4v) is 4.78. The van der Waals surface area contributed by atoms with Crippen LogP contribution in [0.25, 0.3) is 5.78 Å². The average Bonchev–Trinajstić information content (AvgIpc) is 3.27. The molecule has 0 radical (unpaired) electrons. The lowest BCUT2D eigenvalue weighted by Gasteiger charge is -2.43. The second-order valence-corrected chi connectivity index (χ2v) is 9.09. The standard InChI is InChI=1S/C26H29FN6O/c1-17-16-31(13-14-32(17)22-7-5-4-6-8-22)19(3)24-29-26-28-18(2)23(25(34)33(26)30-24)15-20-9-11-21(27)12-10-20/h4-12,17,19H,13-16H2,1-3H3,(H,28,29,30). The van der Waals surface area contributed by atoms with Crippen molar-refractivity contribution in [3.8, 4) is 0 Å². The van der Waals surface area contributed by atoms with Crippen LogP contribution in [0.4, 0.5) is 10.1 Å². The summed E-state index contributed by atoms with van der Waals surface area (Å²) in [6.07, 6.45) is 0.404. The zero-order valence-corrected chi connectivity index (χ0v) is 19.7. The first-order chi connectivity index (χ1) is 16.4. The maximum Gasteiger partial charge on any atom is 0.279 e. The molecule has 0 spiro atoms. The molecule has 1 N–H and O–H groups in total. The summed E-state index contributed by atoms with van der Waals surface area (Å²) < 4.78 is 14.6. The molecule has 7 nitrogen and oxygen atoms in total. The Morgan fingerprint density at radius 1 is 1.12 bits per heavy atom. The number of aryl methyl sites for hydroxylation is 1. The number of H-pyrrole nitrogens is 1. The van der Waals surface area contributed by atoms with Crippen LogP contribution in [0.3, 0.4) is 0 Å². The number of piperazine rings is 1. The lowest BCUT2D eigenvalue weighted by molar-refractivity contribution is 0.170. The Morgan fingerprint density at radius 2 is 1.85 bits per heavy atom. The van der Waals surface area contributed by atoms with Crippen molar-refractivity contribution in [1.29, 1.82) is 0 Å². The van der Waals surface area contributed by atoms with Crippen LogP contribution in [0.5, 0.6) is 0 Å². The molecule has 1 saturated heterocycles. The molecule has 176 valence electrons. The van der Waals surface area contributed by atoms with Gasteiger partial charge in [-0.1, -0.05) is 30.3 Å². The summed E-state index contributed by atoms with van der Waals surface area (Å²) >= 11 is 0. The normalized spacial score (nSPS) is 17.9. The van der Waals surface area contributed by atoms with Crippen molar-refractivity contribution in [3.63, 3.8) is 0 Å². The molecule has 2 aromatic carbocycles. The number of benzene rings is 2. The molecule has 2 unspecified atom stereocenters. The predicted octanol–water partition coefficient (Wildman–Crippen LogP) is 3.73. The van der Waals surface area contributed by atoms with Gasteiger partial charge in [-0.2, -0.15) is 9.50 Å². The van der Waals surface area contributed by atoms with E-state index in [2.05, 4.69) is 63.0 Å². The molecule has 2 aromatic heterocycles. The second-order valence-electron chi connectivity index (χ2n) is 9.09. The summed E-state index contributed by atoms with van der Waals surface area (Å²) in [5.74, 6) is 0.786. The summed E-state index contributed by atoms with van der Waals surface area (Å²) in [7, 11) is 0. The molecule has 3 heterocycles. The van der Waals surface area contributed by atoms with Gasteiger partial charge >= 0.3 is 0 Å². The highest BCUT2D eigenvalue weighted by molar-refractivity contribution is 5.47. The van der Waals surface area contributed by atoms with Crippen LogP contribution in [0.15, 0.2) is 59.4 Å². The Morgan fingerprint density at radius 3 is 2.56 bits per heavy atom. The smallest absolute Gasteiger partial charge is 0.279 e. The zero-order chi connectivity index (χ0) is 23.8. The largest absolute Gasteiger partial charge is 0.366 e. The molecule has 1 aliphatic rings. The minimum absolute atomic E-state index is 0.0195. The first-order valence-corrected chi connectivity index (χ1v) is 11.7. The van der Waals surface area contributed by atoms with Gasteiger partial charge in [-0.15, -0.1) is 5.10 Å². The molecule has 1 aliphatic heterocycles. The van der Waals surface area contributed by atoms with Gasteiger partial charge in [-0.3, -0.25) is 9.69 Å². The van der Waals surface area contributed by atoms with Gasteiger partial charge in [-0.25, -0.2) is 4.39 Å². The summed E-state index contributed by atoms with van der Waals surface area (Å²) in [6.45, 7) is 8.88. The fourth-order valence-electron chi connectivity index (χ4n) is 4.78. The first kappa shape index (κ1) is 22.3. The molecule has 2 atom stereocenters. The molecule has 0 bridgehead atoms. The Hall–Kier alpha value is -3.52. The third-order valence-corrected chi connectivity index (χ3v) is 6.79. The van der Waals surface area contributed by atoms with Crippen LogP contribution in [0.1, 0.15) is 42.5 Å². The number of para-hydroxylation sites is 1. The highest BCUT2D eigenvalue weighted by Crippen LogP contribution is 2.25. The SMILES string of the molecule is Cc1[nH]c2nc(C(C)N3CCN(c4ccccc4)C(C)C3)nn2c(=O)c1Cc1ccc(F)cc1. The maximum atomic E-state index is 13.3. The molecule has 0 saturated carbocycles. The van der Waals surface area contributed by atoms with Crippen molar-refractivity contribution in [2.24, 2.45) is 0 Å². The van der Waals surface area contributed by atoms with E-state index in [9.17, 15) is 9.18 Å². The minimum Gasteiger partial charge on any atom is -0.366 e. The van der Waals surface area contributed by atoms with Gasteiger partial charge in [0.15, 0.2) is 5.82 Å². The Labute approximate surface area is 197 Å². The van der Waals surface area contributed by atoms with E-state index in [0.29, 0.717) is 29.6 Å². The summed E-state index contributed by atoms with van der Waals surface area (Å²) in [5, 5.41) is 4.59. The number of rotatable bonds is 5. The number of nitrogens with one attached hydrogen (secondary N) is 1. The van der Waals surface area contributed by atoms with Gasteiger partial charge in [0, 0.05) is 49.0 Å². The molecule has 1 fully saturated rings. The number of hydrogen-bond acceptors (Lipinski definition) is 5. The predicted molar refractivity (Wildman–Crippen MR) is 131 cm³/mol. The van der Waals surface area contributed by atoms with Crippen molar-refractivity contribution in [2.75, 3.05) is 24.5 Å².